The molecule has 0 aliphatic heterocycles. The molecule has 124 valence electrons. The standard InChI is InChI=1S/C22H25NO/c1-4-5-8-17(3)23-15-20(19-9-6-7-10-21(19)23)22(24)18-13-11-16(2)12-14-18/h6-7,9-15,17H,4-5,8H2,1-3H3. The van der Waals surface area contributed by atoms with E-state index in [-0.39, 0.29) is 5.78 Å². The number of benzene rings is 2. The Bertz CT molecular complexity index is 842. The van der Waals surface area contributed by atoms with Crippen molar-refractivity contribution < 1.29 is 4.79 Å². The van der Waals surface area contributed by atoms with Crippen LogP contribution in [0.4, 0.5) is 0 Å². The molecule has 1 heterocycles. The van der Waals surface area contributed by atoms with Crippen molar-refractivity contribution in [3.05, 3.63) is 71.4 Å². The zero-order valence-electron chi connectivity index (χ0n) is 14.8. The Morgan fingerprint density at radius 1 is 1.08 bits per heavy atom. The molecule has 0 N–H and O–H groups in total. The lowest BCUT2D eigenvalue weighted by Gasteiger charge is -2.14. The topological polar surface area (TPSA) is 22.0 Å². The van der Waals surface area contributed by atoms with Crippen LogP contribution in [-0.4, -0.2) is 10.4 Å². The van der Waals surface area contributed by atoms with E-state index in [1.165, 1.54) is 18.4 Å². The molecule has 2 nitrogen and oxygen atoms in total. The minimum atomic E-state index is 0.104. The molecule has 0 aliphatic carbocycles. The quantitative estimate of drug-likeness (QED) is 0.516. The lowest BCUT2D eigenvalue weighted by Crippen LogP contribution is -2.04. The normalized spacial score (nSPS) is 12.5. The van der Waals surface area contributed by atoms with Crippen LogP contribution in [0.3, 0.4) is 0 Å². The summed E-state index contributed by atoms with van der Waals surface area (Å²) in [5.41, 5.74) is 3.88. The van der Waals surface area contributed by atoms with Crippen LogP contribution in [0.5, 0.6) is 0 Å². The van der Waals surface area contributed by atoms with Crippen LogP contribution < -0.4 is 0 Å². The van der Waals surface area contributed by atoms with E-state index in [0.717, 1.165) is 28.5 Å². The van der Waals surface area contributed by atoms with Crippen molar-refractivity contribution in [2.75, 3.05) is 0 Å². The van der Waals surface area contributed by atoms with E-state index >= 15 is 0 Å². The summed E-state index contributed by atoms with van der Waals surface area (Å²) in [6.07, 6.45) is 5.58. The van der Waals surface area contributed by atoms with Crippen molar-refractivity contribution in [3.8, 4) is 0 Å². The Morgan fingerprint density at radius 2 is 1.79 bits per heavy atom. The lowest BCUT2D eigenvalue weighted by atomic mass is 10.0. The second kappa shape index (κ2) is 7.04. The number of aryl methyl sites for hydroxylation is 1. The van der Waals surface area contributed by atoms with Crippen LogP contribution in [0.2, 0.25) is 0 Å². The van der Waals surface area contributed by atoms with Crippen molar-refractivity contribution in [2.45, 2.75) is 46.1 Å². The molecule has 2 heteroatoms. The fourth-order valence-corrected chi connectivity index (χ4v) is 3.25. The number of unbranched alkanes of at least 4 members (excludes halogenated alkanes) is 1. The van der Waals surface area contributed by atoms with Crippen molar-refractivity contribution in [3.63, 3.8) is 0 Å². The highest BCUT2D eigenvalue weighted by atomic mass is 16.1. The Labute approximate surface area is 144 Å². The minimum absolute atomic E-state index is 0.104. The number of nitrogens with zero attached hydrogens (tertiary/aromatic N) is 1. The van der Waals surface area contributed by atoms with E-state index in [9.17, 15) is 4.79 Å². The number of carbonyl (C=O) groups is 1. The fourth-order valence-electron chi connectivity index (χ4n) is 3.25. The zero-order chi connectivity index (χ0) is 17.1. The van der Waals surface area contributed by atoms with Gasteiger partial charge in [-0.05, 0) is 26.3 Å². The molecule has 0 radical (unpaired) electrons. The maximum absolute atomic E-state index is 13.0. The van der Waals surface area contributed by atoms with E-state index < -0.39 is 0 Å². The zero-order valence-corrected chi connectivity index (χ0v) is 14.8. The highest BCUT2D eigenvalue weighted by Crippen LogP contribution is 2.28. The number of fused-ring (bicyclic) bond motifs is 1. The van der Waals surface area contributed by atoms with Gasteiger partial charge in [-0.15, -0.1) is 0 Å². The van der Waals surface area contributed by atoms with Gasteiger partial charge in [-0.2, -0.15) is 0 Å². The molecule has 1 unspecified atom stereocenters. The Balaban J connectivity index is 2.05. The van der Waals surface area contributed by atoms with E-state index in [1.807, 2.05) is 49.5 Å². The van der Waals surface area contributed by atoms with Crippen LogP contribution in [0.15, 0.2) is 54.7 Å². The SMILES string of the molecule is CCCCC(C)n1cc(C(=O)c2ccc(C)cc2)c2ccccc21. The molecule has 3 aromatic rings. The minimum Gasteiger partial charge on any atom is -0.344 e. The molecule has 24 heavy (non-hydrogen) atoms. The van der Waals surface area contributed by atoms with Gasteiger partial charge in [-0.3, -0.25) is 4.79 Å². The van der Waals surface area contributed by atoms with Gasteiger partial charge in [0.1, 0.15) is 0 Å². The van der Waals surface area contributed by atoms with Gasteiger partial charge in [0.25, 0.3) is 0 Å². The van der Waals surface area contributed by atoms with Gasteiger partial charge in [-0.1, -0.05) is 67.8 Å². The van der Waals surface area contributed by atoms with Crippen LogP contribution in [-0.2, 0) is 0 Å². The molecule has 0 saturated carbocycles. The van der Waals surface area contributed by atoms with Crippen molar-refractivity contribution in [1.29, 1.82) is 0 Å². The van der Waals surface area contributed by atoms with Crippen LogP contribution in [0, 0.1) is 6.92 Å². The average Bonchev–Trinajstić information content (AvgIpc) is 2.99. The molecule has 0 amide bonds. The Hall–Kier alpha value is -2.35. The smallest absolute Gasteiger partial charge is 0.195 e. The summed E-state index contributed by atoms with van der Waals surface area (Å²) >= 11 is 0. The average molecular weight is 319 g/mol. The van der Waals surface area contributed by atoms with Crippen molar-refractivity contribution in [2.24, 2.45) is 0 Å². The molecular formula is C22H25NO. The highest BCUT2D eigenvalue weighted by Gasteiger charge is 2.18. The molecule has 0 bridgehead atoms. The summed E-state index contributed by atoms with van der Waals surface area (Å²) in [4.78, 5) is 13.0. The number of hydrogen-bond acceptors (Lipinski definition) is 1. The summed E-state index contributed by atoms with van der Waals surface area (Å²) in [6.45, 7) is 6.49. The third-order valence-electron chi connectivity index (χ3n) is 4.75. The van der Waals surface area contributed by atoms with Gasteiger partial charge in [-0.25, -0.2) is 0 Å². The number of ketones is 1. The number of rotatable bonds is 6. The third-order valence-corrected chi connectivity index (χ3v) is 4.75. The number of hydrogen-bond donors (Lipinski definition) is 0. The second-order valence-electron chi connectivity index (χ2n) is 6.65. The first kappa shape index (κ1) is 16.5. The van der Waals surface area contributed by atoms with Gasteiger partial charge < -0.3 is 4.57 Å². The lowest BCUT2D eigenvalue weighted by molar-refractivity contribution is 0.104. The van der Waals surface area contributed by atoms with Gasteiger partial charge in [0.2, 0.25) is 0 Å². The monoisotopic (exact) mass is 319 g/mol. The van der Waals surface area contributed by atoms with Crippen molar-refractivity contribution in [1.82, 2.24) is 4.57 Å². The molecule has 1 atom stereocenters. The first-order valence-electron chi connectivity index (χ1n) is 8.82. The van der Waals surface area contributed by atoms with E-state index in [2.05, 4.69) is 30.5 Å². The van der Waals surface area contributed by atoms with Crippen molar-refractivity contribution >= 4 is 16.7 Å². The largest absolute Gasteiger partial charge is 0.344 e. The number of aromatic nitrogens is 1. The van der Waals surface area contributed by atoms with Crippen LogP contribution in [0.25, 0.3) is 10.9 Å². The van der Waals surface area contributed by atoms with Gasteiger partial charge in [0.05, 0.1) is 0 Å². The molecule has 2 aromatic carbocycles. The molecule has 0 saturated heterocycles. The van der Waals surface area contributed by atoms with Crippen LogP contribution >= 0.6 is 0 Å². The molecule has 1 aromatic heterocycles. The number of carbonyl (C=O) groups excluding carboxylic acids is 1. The molecular weight excluding hydrogens is 294 g/mol. The van der Waals surface area contributed by atoms with E-state index in [1.54, 1.807) is 0 Å². The molecule has 0 fully saturated rings. The maximum atomic E-state index is 13.0. The summed E-state index contributed by atoms with van der Waals surface area (Å²) in [5, 5.41) is 1.05. The third kappa shape index (κ3) is 3.14. The van der Waals surface area contributed by atoms with Gasteiger partial charge >= 0.3 is 0 Å². The summed E-state index contributed by atoms with van der Waals surface area (Å²) < 4.78 is 2.27. The predicted molar refractivity (Wildman–Crippen MR) is 101 cm³/mol. The highest BCUT2D eigenvalue weighted by molar-refractivity contribution is 6.16. The first-order chi connectivity index (χ1) is 11.6. The maximum Gasteiger partial charge on any atom is 0.195 e. The molecule has 3 rings (SSSR count). The Morgan fingerprint density at radius 3 is 2.50 bits per heavy atom. The summed E-state index contributed by atoms with van der Waals surface area (Å²) in [7, 11) is 0. The van der Waals surface area contributed by atoms with E-state index in [0.29, 0.717) is 6.04 Å². The predicted octanol–water partition coefficient (Wildman–Crippen LogP) is 5.93. The summed E-state index contributed by atoms with van der Waals surface area (Å²) in [5.74, 6) is 0.104. The van der Waals surface area contributed by atoms with Gasteiger partial charge in [0, 0.05) is 34.3 Å². The second-order valence-corrected chi connectivity index (χ2v) is 6.65. The van der Waals surface area contributed by atoms with Gasteiger partial charge in [0.15, 0.2) is 5.78 Å². The van der Waals surface area contributed by atoms with E-state index in [4.69, 9.17) is 0 Å². The number of para-hydroxylation sites is 1. The fraction of sp³-hybridized carbons (Fsp3) is 0.318. The Kier molecular flexibility index (Phi) is 4.84. The molecule has 0 aliphatic rings. The summed E-state index contributed by atoms with van der Waals surface area (Å²) in [6, 6.07) is 16.5. The first-order valence-corrected chi connectivity index (χ1v) is 8.82. The molecule has 0 spiro atoms. The van der Waals surface area contributed by atoms with Crippen LogP contribution in [0.1, 0.15) is 60.6 Å².